The van der Waals surface area contributed by atoms with E-state index in [1.807, 2.05) is 49.2 Å². The summed E-state index contributed by atoms with van der Waals surface area (Å²) < 4.78 is 5.29. The number of carbonyl (C=O) groups excluding carboxylic acids is 1. The standard InChI is InChI=1S/C21H23N5O2/c1-15-4-6-19(28-3)18(14-15)23-21(27)17-5-7-20(25-24-17)26(2)13-10-16-8-11-22-12-9-16/h4-9,11-12,14H,10,13H2,1-3H3,(H,23,27). The van der Waals surface area contributed by atoms with Gasteiger partial charge in [0.05, 0.1) is 12.8 Å². The smallest absolute Gasteiger partial charge is 0.276 e. The van der Waals surface area contributed by atoms with Gasteiger partial charge in [-0.15, -0.1) is 10.2 Å². The third-order valence-corrected chi connectivity index (χ3v) is 4.36. The van der Waals surface area contributed by atoms with Crippen LogP contribution in [0.1, 0.15) is 21.6 Å². The Labute approximate surface area is 164 Å². The number of ether oxygens (including phenoxy) is 1. The van der Waals surface area contributed by atoms with Crippen LogP contribution in [0.4, 0.5) is 11.5 Å². The number of pyridine rings is 1. The van der Waals surface area contributed by atoms with E-state index in [1.54, 1.807) is 31.6 Å². The maximum absolute atomic E-state index is 12.5. The zero-order valence-electron chi connectivity index (χ0n) is 16.2. The predicted octanol–water partition coefficient (Wildman–Crippen LogP) is 3.12. The van der Waals surface area contributed by atoms with Gasteiger partial charge >= 0.3 is 0 Å². The summed E-state index contributed by atoms with van der Waals surface area (Å²) in [6.07, 6.45) is 4.44. The molecule has 3 rings (SSSR count). The van der Waals surface area contributed by atoms with E-state index in [9.17, 15) is 4.79 Å². The number of aromatic nitrogens is 3. The first-order valence-electron chi connectivity index (χ1n) is 8.96. The molecule has 1 amide bonds. The topological polar surface area (TPSA) is 80.2 Å². The summed E-state index contributed by atoms with van der Waals surface area (Å²) in [5.74, 6) is 0.973. The number of benzene rings is 1. The lowest BCUT2D eigenvalue weighted by molar-refractivity contribution is 0.102. The number of nitrogens with one attached hydrogen (secondary N) is 1. The largest absolute Gasteiger partial charge is 0.495 e. The van der Waals surface area contributed by atoms with Crippen molar-refractivity contribution in [3.63, 3.8) is 0 Å². The minimum absolute atomic E-state index is 0.245. The second-order valence-corrected chi connectivity index (χ2v) is 6.46. The summed E-state index contributed by atoms with van der Waals surface area (Å²) in [6, 6.07) is 13.0. The average Bonchev–Trinajstić information content (AvgIpc) is 2.73. The number of hydrogen-bond acceptors (Lipinski definition) is 6. The summed E-state index contributed by atoms with van der Waals surface area (Å²) in [5.41, 5.74) is 3.08. The molecule has 28 heavy (non-hydrogen) atoms. The Hall–Kier alpha value is -3.48. The molecule has 144 valence electrons. The zero-order chi connectivity index (χ0) is 19.9. The van der Waals surface area contributed by atoms with E-state index in [0.717, 1.165) is 18.5 Å². The highest BCUT2D eigenvalue weighted by molar-refractivity contribution is 6.03. The van der Waals surface area contributed by atoms with Crippen LogP contribution >= 0.6 is 0 Å². The molecule has 0 aliphatic carbocycles. The van der Waals surface area contributed by atoms with E-state index in [2.05, 4.69) is 20.5 Å². The monoisotopic (exact) mass is 377 g/mol. The Morgan fingerprint density at radius 2 is 1.89 bits per heavy atom. The number of carbonyl (C=O) groups is 1. The van der Waals surface area contributed by atoms with Gasteiger partial charge in [-0.3, -0.25) is 9.78 Å². The SMILES string of the molecule is COc1ccc(C)cc1NC(=O)c1ccc(N(C)CCc2ccncc2)nn1. The zero-order valence-corrected chi connectivity index (χ0v) is 16.2. The van der Waals surface area contributed by atoms with E-state index in [-0.39, 0.29) is 11.6 Å². The Morgan fingerprint density at radius 1 is 1.11 bits per heavy atom. The fourth-order valence-corrected chi connectivity index (χ4v) is 2.72. The summed E-state index contributed by atoms with van der Waals surface area (Å²) in [4.78, 5) is 18.5. The molecule has 0 bridgehead atoms. The molecule has 0 saturated heterocycles. The van der Waals surface area contributed by atoms with Crippen LogP contribution in [0.3, 0.4) is 0 Å². The molecule has 0 saturated carbocycles. The highest BCUT2D eigenvalue weighted by Crippen LogP contribution is 2.25. The second-order valence-electron chi connectivity index (χ2n) is 6.46. The fraction of sp³-hybridized carbons (Fsp3) is 0.238. The quantitative estimate of drug-likeness (QED) is 0.681. The van der Waals surface area contributed by atoms with Crippen LogP contribution in [0, 0.1) is 6.92 Å². The van der Waals surface area contributed by atoms with Crippen molar-refractivity contribution >= 4 is 17.4 Å². The Bertz CT molecular complexity index is 929. The Morgan fingerprint density at radius 3 is 2.57 bits per heavy atom. The fourth-order valence-electron chi connectivity index (χ4n) is 2.72. The molecular weight excluding hydrogens is 354 g/mol. The molecule has 1 N–H and O–H groups in total. The van der Waals surface area contributed by atoms with Gasteiger partial charge in [0.15, 0.2) is 11.5 Å². The third kappa shape index (κ3) is 4.82. The molecule has 7 heteroatoms. The van der Waals surface area contributed by atoms with Crippen molar-refractivity contribution in [3.8, 4) is 5.75 Å². The Balaban J connectivity index is 1.63. The highest BCUT2D eigenvalue weighted by Gasteiger charge is 2.13. The molecule has 0 aliphatic rings. The third-order valence-electron chi connectivity index (χ3n) is 4.36. The van der Waals surface area contributed by atoms with Gasteiger partial charge in [0.1, 0.15) is 5.75 Å². The number of likely N-dealkylation sites (N-methyl/N-ethyl adjacent to an activating group) is 1. The predicted molar refractivity (Wildman–Crippen MR) is 109 cm³/mol. The van der Waals surface area contributed by atoms with Crippen LogP contribution in [0.5, 0.6) is 5.75 Å². The summed E-state index contributed by atoms with van der Waals surface area (Å²) in [7, 11) is 3.51. The summed E-state index contributed by atoms with van der Waals surface area (Å²) in [5, 5.41) is 11.1. The number of nitrogens with zero attached hydrogens (tertiary/aromatic N) is 4. The molecular formula is C21H23N5O2. The van der Waals surface area contributed by atoms with Gasteiger partial charge in [-0.05, 0) is 60.9 Å². The number of anilines is 2. The van der Waals surface area contributed by atoms with Crippen LogP contribution in [-0.4, -0.2) is 41.8 Å². The first-order valence-corrected chi connectivity index (χ1v) is 8.96. The van der Waals surface area contributed by atoms with Gasteiger partial charge in [0, 0.05) is 26.0 Å². The van der Waals surface area contributed by atoms with Crippen LogP contribution < -0.4 is 15.0 Å². The minimum atomic E-state index is -0.331. The van der Waals surface area contributed by atoms with Crippen molar-refractivity contribution in [2.45, 2.75) is 13.3 Å². The van der Waals surface area contributed by atoms with E-state index < -0.39 is 0 Å². The van der Waals surface area contributed by atoms with E-state index in [0.29, 0.717) is 17.3 Å². The maximum atomic E-state index is 12.5. The van der Waals surface area contributed by atoms with Crippen LogP contribution in [0.15, 0.2) is 54.9 Å². The molecule has 0 radical (unpaired) electrons. The molecule has 2 aromatic heterocycles. The molecule has 2 heterocycles. The minimum Gasteiger partial charge on any atom is -0.495 e. The number of methoxy groups -OCH3 is 1. The first kappa shape index (κ1) is 19.3. The van der Waals surface area contributed by atoms with Crippen LogP contribution in [0.2, 0.25) is 0 Å². The summed E-state index contributed by atoms with van der Waals surface area (Å²) >= 11 is 0. The maximum Gasteiger partial charge on any atom is 0.276 e. The van der Waals surface area contributed by atoms with Crippen molar-refractivity contribution in [2.75, 3.05) is 30.9 Å². The molecule has 0 atom stereocenters. The molecule has 1 aromatic carbocycles. The number of hydrogen-bond donors (Lipinski definition) is 1. The lowest BCUT2D eigenvalue weighted by atomic mass is 10.2. The van der Waals surface area contributed by atoms with Gasteiger partial charge in [0.25, 0.3) is 5.91 Å². The molecule has 0 spiro atoms. The van der Waals surface area contributed by atoms with Crippen molar-refractivity contribution in [2.24, 2.45) is 0 Å². The van der Waals surface area contributed by atoms with Crippen molar-refractivity contribution in [3.05, 3.63) is 71.7 Å². The molecule has 0 aliphatic heterocycles. The van der Waals surface area contributed by atoms with E-state index in [1.165, 1.54) is 5.56 Å². The van der Waals surface area contributed by atoms with Gasteiger partial charge in [-0.25, -0.2) is 0 Å². The van der Waals surface area contributed by atoms with Gasteiger partial charge in [0.2, 0.25) is 0 Å². The van der Waals surface area contributed by atoms with Gasteiger partial charge < -0.3 is 15.0 Å². The number of aryl methyl sites for hydroxylation is 1. The molecule has 0 fully saturated rings. The lowest BCUT2D eigenvalue weighted by Crippen LogP contribution is -2.22. The van der Waals surface area contributed by atoms with Crippen LogP contribution in [0.25, 0.3) is 0 Å². The van der Waals surface area contributed by atoms with Gasteiger partial charge in [-0.2, -0.15) is 0 Å². The lowest BCUT2D eigenvalue weighted by Gasteiger charge is -2.17. The summed E-state index contributed by atoms with van der Waals surface area (Å²) in [6.45, 7) is 2.73. The number of rotatable bonds is 7. The van der Waals surface area contributed by atoms with Crippen molar-refractivity contribution < 1.29 is 9.53 Å². The molecule has 0 unspecified atom stereocenters. The number of amides is 1. The highest BCUT2D eigenvalue weighted by atomic mass is 16.5. The van der Waals surface area contributed by atoms with Crippen molar-refractivity contribution in [1.82, 2.24) is 15.2 Å². The van der Waals surface area contributed by atoms with E-state index >= 15 is 0 Å². The van der Waals surface area contributed by atoms with E-state index in [4.69, 9.17) is 4.74 Å². The molecule has 7 nitrogen and oxygen atoms in total. The van der Waals surface area contributed by atoms with Crippen molar-refractivity contribution in [1.29, 1.82) is 0 Å². The van der Waals surface area contributed by atoms with Gasteiger partial charge in [-0.1, -0.05) is 6.07 Å². The average molecular weight is 377 g/mol. The van der Waals surface area contributed by atoms with Crippen LogP contribution in [-0.2, 0) is 6.42 Å². The Kier molecular flexibility index (Phi) is 6.16. The normalized spacial score (nSPS) is 10.4. The molecule has 3 aromatic rings. The first-order chi connectivity index (χ1) is 13.6. The second kappa shape index (κ2) is 8.94.